The van der Waals surface area contributed by atoms with Gasteiger partial charge in [-0.3, -0.25) is 9.58 Å². The SMILES string of the molecule is C=CCn1ncc(CN2CC(c3ccccc3)C3(CCCC3)C2)c1C. The van der Waals surface area contributed by atoms with E-state index in [0.717, 1.165) is 13.1 Å². The van der Waals surface area contributed by atoms with Crippen molar-refractivity contribution in [1.29, 1.82) is 0 Å². The minimum absolute atomic E-state index is 0.492. The maximum absolute atomic E-state index is 4.53. The number of nitrogens with zero attached hydrogens (tertiary/aromatic N) is 3. The molecule has 2 fully saturated rings. The Kier molecular flexibility index (Phi) is 4.51. The quantitative estimate of drug-likeness (QED) is 0.748. The van der Waals surface area contributed by atoms with Gasteiger partial charge >= 0.3 is 0 Å². The first-order chi connectivity index (χ1) is 12.2. The number of benzene rings is 1. The highest BCUT2D eigenvalue weighted by Gasteiger charge is 2.48. The summed E-state index contributed by atoms with van der Waals surface area (Å²) in [5.74, 6) is 0.680. The van der Waals surface area contributed by atoms with Crippen molar-refractivity contribution in [3.63, 3.8) is 0 Å². The Labute approximate surface area is 151 Å². The van der Waals surface area contributed by atoms with Gasteiger partial charge in [0.1, 0.15) is 0 Å². The van der Waals surface area contributed by atoms with Crippen LogP contribution in [0, 0.1) is 12.3 Å². The fourth-order valence-corrected chi connectivity index (χ4v) is 5.11. The Bertz CT molecular complexity index is 725. The molecule has 0 N–H and O–H groups in total. The van der Waals surface area contributed by atoms with E-state index in [0.29, 0.717) is 11.3 Å². The minimum Gasteiger partial charge on any atom is -0.298 e. The fourth-order valence-electron chi connectivity index (χ4n) is 5.11. The van der Waals surface area contributed by atoms with Crippen molar-refractivity contribution < 1.29 is 0 Å². The molecule has 0 bridgehead atoms. The Morgan fingerprint density at radius 2 is 2.00 bits per heavy atom. The second-order valence-corrected chi connectivity index (χ2v) is 7.93. The lowest BCUT2D eigenvalue weighted by Crippen LogP contribution is -2.26. The Morgan fingerprint density at radius 1 is 1.24 bits per heavy atom. The van der Waals surface area contributed by atoms with E-state index in [1.54, 1.807) is 0 Å². The summed E-state index contributed by atoms with van der Waals surface area (Å²) >= 11 is 0. The van der Waals surface area contributed by atoms with E-state index in [9.17, 15) is 0 Å². The van der Waals surface area contributed by atoms with Crippen LogP contribution in [0.25, 0.3) is 0 Å². The monoisotopic (exact) mass is 335 g/mol. The molecular formula is C22H29N3. The molecule has 2 aliphatic rings. The number of aromatic nitrogens is 2. The van der Waals surface area contributed by atoms with Crippen molar-refractivity contribution in [1.82, 2.24) is 14.7 Å². The van der Waals surface area contributed by atoms with Gasteiger partial charge in [-0.2, -0.15) is 5.10 Å². The van der Waals surface area contributed by atoms with E-state index in [2.05, 4.69) is 64.7 Å². The molecule has 2 aromatic rings. The van der Waals surface area contributed by atoms with Gasteiger partial charge in [-0.1, -0.05) is 49.2 Å². The van der Waals surface area contributed by atoms with Crippen LogP contribution < -0.4 is 0 Å². The van der Waals surface area contributed by atoms with Crippen molar-refractivity contribution in [2.24, 2.45) is 5.41 Å². The predicted molar refractivity (Wildman–Crippen MR) is 103 cm³/mol. The lowest BCUT2D eigenvalue weighted by atomic mass is 9.73. The van der Waals surface area contributed by atoms with Crippen molar-refractivity contribution in [2.75, 3.05) is 13.1 Å². The van der Waals surface area contributed by atoms with Gasteiger partial charge < -0.3 is 0 Å². The third-order valence-electron chi connectivity index (χ3n) is 6.42. The summed E-state index contributed by atoms with van der Waals surface area (Å²) in [5.41, 5.74) is 4.67. The smallest absolute Gasteiger partial charge is 0.0590 e. The van der Waals surface area contributed by atoms with Crippen LogP contribution in [0.3, 0.4) is 0 Å². The predicted octanol–water partition coefficient (Wildman–Crippen LogP) is 4.54. The molecule has 1 aromatic carbocycles. The highest BCUT2D eigenvalue weighted by Crippen LogP contribution is 2.53. The van der Waals surface area contributed by atoms with Crippen LogP contribution in [-0.2, 0) is 13.1 Å². The molecule has 25 heavy (non-hydrogen) atoms. The van der Waals surface area contributed by atoms with Crippen LogP contribution >= 0.6 is 0 Å². The number of likely N-dealkylation sites (tertiary alicyclic amines) is 1. The molecule has 1 spiro atoms. The molecule has 1 unspecified atom stereocenters. The molecule has 3 nitrogen and oxygen atoms in total. The molecular weight excluding hydrogens is 306 g/mol. The van der Waals surface area contributed by atoms with E-state index in [1.165, 1.54) is 55.6 Å². The molecule has 2 heterocycles. The number of rotatable bonds is 5. The standard InChI is InChI=1S/C22H29N3/c1-3-13-25-18(2)20(14-23-25)15-24-16-21(19-9-5-4-6-10-19)22(17-24)11-7-8-12-22/h3-6,9-10,14,21H,1,7-8,11-13,15-17H2,2H3. The zero-order valence-corrected chi connectivity index (χ0v) is 15.3. The Morgan fingerprint density at radius 3 is 2.72 bits per heavy atom. The highest BCUT2D eigenvalue weighted by molar-refractivity contribution is 5.26. The van der Waals surface area contributed by atoms with Crippen LogP contribution in [0.5, 0.6) is 0 Å². The first-order valence-electron chi connectivity index (χ1n) is 9.61. The van der Waals surface area contributed by atoms with Gasteiger partial charge in [0.15, 0.2) is 0 Å². The van der Waals surface area contributed by atoms with Gasteiger partial charge in [-0.15, -0.1) is 6.58 Å². The van der Waals surface area contributed by atoms with E-state index in [1.807, 2.05) is 6.08 Å². The molecule has 3 heteroatoms. The number of hydrogen-bond donors (Lipinski definition) is 0. The summed E-state index contributed by atoms with van der Waals surface area (Å²) in [5, 5.41) is 4.53. The lowest BCUT2D eigenvalue weighted by molar-refractivity contribution is 0.247. The summed E-state index contributed by atoms with van der Waals surface area (Å²) in [6.45, 7) is 10.2. The third-order valence-corrected chi connectivity index (χ3v) is 6.42. The molecule has 1 aliphatic carbocycles. The van der Waals surface area contributed by atoms with Crippen molar-refractivity contribution in [2.45, 2.75) is 51.6 Å². The van der Waals surface area contributed by atoms with Crippen molar-refractivity contribution >= 4 is 0 Å². The van der Waals surface area contributed by atoms with Gasteiger partial charge in [-0.25, -0.2) is 0 Å². The van der Waals surface area contributed by atoms with Gasteiger partial charge in [0.25, 0.3) is 0 Å². The second-order valence-electron chi connectivity index (χ2n) is 7.93. The van der Waals surface area contributed by atoms with Crippen LogP contribution in [0.15, 0.2) is 49.2 Å². The Balaban J connectivity index is 1.55. The highest BCUT2D eigenvalue weighted by atomic mass is 15.3. The maximum atomic E-state index is 4.53. The molecule has 1 saturated heterocycles. The zero-order valence-electron chi connectivity index (χ0n) is 15.3. The summed E-state index contributed by atoms with van der Waals surface area (Å²) in [4.78, 5) is 2.67. The summed E-state index contributed by atoms with van der Waals surface area (Å²) in [6.07, 6.45) is 9.53. The summed E-state index contributed by atoms with van der Waals surface area (Å²) < 4.78 is 2.05. The fraction of sp³-hybridized carbons (Fsp3) is 0.500. The first kappa shape index (κ1) is 16.6. The van der Waals surface area contributed by atoms with Crippen LogP contribution in [0.4, 0.5) is 0 Å². The average molecular weight is 335 g/mol. The molecule has 4 rings (SSSR count). The maximum Gasteiger partial charge on any atom is 0.0590 e. The molecule has 0 amide bonds. The minimum atomic E-state index is 0.492. The number of allylic oxidation sites excluding steroid dienone is 1. The largest absolute Gasteiger partial charge is 0.298 e. The van der Waals surface area contributed by atoms with Crippen LogP contribution in [0.2, 0.25) is 0 Å². The van der Waals surface area contributed by atoms with E-state index >= 15 is 0 Å². The summed E-state index contributed by atoms with van der Waals surface area (Å²) in [7, 11) is 0. The van der Waals surface area contributed by atoms with Crippen LogP contribution in [0.1, 0.15) is 48.4 Å². The van der Waals surface area contributed by atoms with Crippen molar-refractivity contribution in [3.05, 3.63) is 66.0 Å². The molecule has 1 aromatic heterocycles. The van der Waals surface area contributed by atoms with E-state index in [-0.39, 0.29) is 0 Å². The van der Waals surface area contributed by atoms with E-state index < -0.39 is 0 Å². The van der Waals surface area contributed by atoms with Crippen molar-refractivity contribution in [3.8, 4) is 0 Å². The van der Waals surface area contributed by atoms with Crippen LogP contribution in [-0.4, -0.2) is 27.8 Å². The zero-order chi connectivity index (χ0) is 17.3. The van der Waals surface area contributed by atoms with Gasteiger partial charge in [0.05, 0.1) is 12.7 Å². The molecule has 132 valence electrons. The lowest BCUT2D eigenvalue weighted by Gasteiger charge is -2.30. The van der Waals surface area contributed by atoms with Gasteiger partial charge in [0.2, 0.25) is 0 Å². The molecule has 1 aliphatic heterocycles. The van der Waals surface area contributed by atoms with E-state index in [4.69, 9.17) is 0 Å². The molecule has 0 radical (unpaired) electrons. The average Bonchev–Trinajstić information content (AvgIpc) is 3.33. The number of hydrogen-bond acceptors (Lipinski definition) is 2. The first-order valence-corrected chi connectivity index (χ1v) is 9.61. The van der Waals surface area contributed by atoms with Gasteiger partial charge in [0, 0.05) is 36.8 Å². The summed E-state index contributed by atoms with van der Waals surface area (Å²) in [6, 6.07) is 11.2. The van der Waals surface area contributed by atoms with Gasteiger partial charge in [-0.05, 0) is 30.7 Å². The molecule has 1 atom stereocenters. The topological polar surface area (TPSA) is 21.1 Å². The Hall–Kier alpha value is -1.87. The molecule has 1 saturated carbocycles. The third kappa shape index (κ3) is 3.06. The normalized spacial score (nSPS) is 22.7. The second kappa shape index (κ2) is 6.80.